The van der Waals surface area contributed by atoms with Gasteiger partial charge in [0.25, 0.3) is 0 Å². The van der Waals surface area contributed by atoms with Gasteiger partial charge >= 0.3 is 5.97 Å². The molecule has 1 atom stereocenters. The Morgan fingerprint density at radius 2 is 1.95 bits per heavy atom. The second-order valence-corrected chi connectivity index (χ2v) is 7.40. The number of amides is 1. The molecular formula is C15H24N2O3S. The molecule has 1 heterocycles. The molecule has 1 unspecified atom stereocenters. The lowest BCUT2D eigenvalue weighted by molar-refractivity contribution is -0.157. The number of nitrogens with zero attached hydrogens (tertiary/aromatic N) is 1. The fourth-order valence-electron chi connectivity index (χ4n) is 2.05. The summed E-state index contributed by atoms with van der Waals surface area (Å²) in [6.45, 7) is 11.3. The molecule has 1 aromatic rings. The van der Waals surface area contributed by atoms with E-state index in [0.717, 1.165) is 5.01 Å². The van der Waals surface area contributed by atoms with Gasteiger partial charge in [-0.1, -0.05) is 20.8 Å². The largest absolute Gasteiger partial charge is 0.465 e. The summed E-state index contributed by atoms with van der Waals surface area (Å²) in [5.41, 5.74) is -1.14. The van der Waals surface area contributed by atoms with Gasteiger partial charge in [0.1, 0.15) is 10.9 Å². The number of esters is 1. The molecule has 0 aliphatic heterocycles. The molecule has 0 fully saturated rings. The Morgan fingerprint density at radius 3 is 2.38 bits per heavy atom. The Hall–Kier alpha value is -1.43. The lowest BCUT2D eigenvalue weighted by Gasteiger charge is -2.31. The third-order valence-corrected chi connectivity index (χ3v) is 4.15. The highest BCUT2D eigenvalue weighted by molar-refractivity contribution is 7.09. The normalized spacial score (nSPS) is 13.6. The summed E-state index contributed by atoms with van der Waals surface area (Å²) >= 11 is 1.47. The number of rotatable bonds is 5. The third kappa shape index (κ3) is 4.52. The van der Waals surface area contributed by atoms with Crippen molar-refractivity contribution >= 4 is 23.2 Å². The van der Waals surface area contributed by atoms with Gasteiger partial charge in [-0.3, -0.25) is 9.59 Å². The zero-order valence-corrected chi connectivity index (χ0v) is 14.3. The van der Waals surface area contributed by atoms with Crippen LogP contribution in [-0.4, -0.2) is 23.5 Å². The van der Waals surface area contributed by atoms with Crippen LogP contribution in [0, 0.1) is 11.3 Å². The summed E-state index contributed by atoms with van der Waals surface area (Å²) in [5.74, 6) is -1.67. The minimum atomic E-state index is -0.850. The van der Waals surface area contributed by atoms with Crippen molar-refractivity contribution in [3.8, 4) is 0 Å². The van der Waals surface area contributed by atoms with E-state index in [9.17, 15) is 9.59 Å². The Bertz CT molecular complexity index is 490. The number of nitrogens with one attached hydrogen (secondary N) is 1. The molecule has 0 bridgehead atoms. The minimum Gasteiger partial charge on any atom is -0.465 e. The van der Waals surface area contributed by atoms with E-state index in [0.29, 0.717) is 0 Å². The molecule has 118 valence electrons. The van der Waals surface area contributed by atoms with Crippen LogP contribution in [-0.2, 0) is 19.9 Å². The predicted molar refractivity (Wildman–Crippen MR) is 82.9 cm³/mol. The molecule has 1 aromatic heterocycles. The van der Waals surface area contributed by atoms with Gasteiger partial charge in [-0.2, -0.15) is 0 Å². The van der Waals surface area contributed by atoms with E-state index in [1.165, 1.54) is 11.3 Å². The molecule has 0 aromatic carbocycles. The predicted octanol–water partition coefficient (Wildman–Crippen LogP) is 2.72. The Morgan fingerprint density at radius 1 is 1.33 bits per heavy atom. The second-order valence-electron chi connectivity index (χ2n) is 6.50. The van der Waals surface area contributed by atoms with Crippen LogP contribution in [0.1, 0.15) is 46.6 Å². The SMILES string of the molecule is CCOC(=O)C(C(=O)NC(C)(C)c1nccs1)C(C)(C)C. The monoisotopic (exact) mass is 312 g/mol. The number of carbonyl (C=O) groups is 2. The van der Waals surface area contributed by atoms with Gasteiger partial charge < -0.3 is 10.1 Å². The van der Waals surface area contributed by atoms with Crippen LogP contribution in [0.5, 0.6) is 0 Å². The lowest BCUT2D eigenvalue weighted by atomic mass is 9.79. The summed E-state index contributed by atoms with van der Waals surface area (Å²) in [5, 5.41) is 5.57. The van der Waals surface area contributed by atoms with Gasteiger partial charge in [0.2, 0.25) is 5.91 Å². The van der Waals surface area contributed by atoms with E-state index in [4.69, 9.17) is 4.74 Å². The van der Waals surface area contributed by atoms with E-state index in [2.05, 4.69) is 10.3 Å². The van der Waals surface area contributed by atoms with Crippen LogP contribution in [0.3, 0.4) is 0 Å². The molecule has 1 N–H and O–H groups in total. The second kappa shape index (κ2) is 6.56. The van der Waals surface area contributed by atoms with Crippen molar-refractivity contribution in [3.63, 3.8) is 0 Å². The summed E-state index contributed by atoms with van der Waals surface area (Å²) in [4.78, 5) is 28.9. The molecule has 0 radical (unpaired) electrons. The maximum Gasteiger partial charge on any atom is 0.319 e. The van der Waals surface area contributed by atoms with Gasteiger partial charge in [0.15, 0.2) is 0 Å². The summed E-state index contributed by atoms with van der Waals surface area (Å²) in [6.07, 6.45) is 1.69. The summed E-state index contributed by atoms with van der Waals surface area (Å²) in [6, 6.07) is 0. The quantitative estimate of drug-likeness (QED) is 0.670. The summed E-state index contributed by atoms with van der Waals surface area (Å²) < 4.78 is 5.04. The van der Waals surface area contributed by atoms with Crippen molar-refractivity contribution in [1.82, 2.24) is 10.3 Å². The van der Waals surface area contributed by atoms with Gasteiger partial charge in [-0.15, -0.1) is 11.3 Å². The molecule has 0 spiro atoms. The third-order valence-electron chi connectivity index (χ3n) is 3.05. The van der Waals surface area contributed by atoms with Crippen molar-refractivity contribution in [2.24, 2.45) is 11.3 Å². The zero-order chi connectivity index (χ0) is 16.3. The lowest BCUT2D eigenvalue weighted by Crippen LogP contribution is -2.49. The van der Waals surface area contributed by atoms with Crippen molar-refractivity contribution in [2.75, 3.05) is 6.61 Å². The molecule has 0 aliphatic carbocycles. The van der Waals surface area contributed by atoms with Crippen LogP contribution in [0.15, 0.2) is 11.6 Å². The van der Waals surface area contributed by atoms with E-state index in [1.54, 1.807) is 13.1 Å². The first-order valence-corrected chi connectivity index (χ1v) is 7.86. The van der Waals surface area contributed by atoms with Gasteiger partial charge in [0, 0.05) is 11.6 Å². The minimum absolute atomic E-state index is 0.258. The molecule has 6 heteroatoms. The van der Waals surface area contributed by atoms with E-state index < -0.39 is 22.8 Å². The van der Waals surface area contributed by atoms with Crippen molar-refractivity contribution in [1.29, 1.82) is 0 Å². The molecule has 21 heavy (non-hydrogen) atoms. The number of hydrogen-bond donors (Lipinski definition) is 1. The van der Waals surface area contributed by atoms with E-state index in [1.807, 2.05) is 40.0 Å². The molecule has 5 nitrogen and oxygen atoms in total. The highest BCUT2D eigenvalue weighted by Gasteiger charge is 2.41. The van der Waals surface area contributed by atoms with Crippen molar-refractivity contribution in [2.45, 2.75) is 47.1 Å². The van der Waals surface area contributed by atoms with Crippen LogP contribution in [0.4, 0.5) is 0 Å². The van der Waals surface area contributed by atoms with Crippen LogP contribution in [0.25, 0.3) is 0 Å². The first-order valence-electron chi connectivity index (χ1n) is 6.98. The highest BCUT2D eigenvalue weighted by Crippen LogP contribution is 2.29. The van der Waals surface area contributed by atoms with Crippen LogP contribution >= 0.6 is 11.3 Å². The maximum absolute atomic E-state index is 12.6. The van der Waals surface area contributed by atoms with Crippen LogP contribution < -0.4 is 5.32 Å². The maximum atomic E-state index is 12.6. The fourth-order valence-corrected chi connectivity index (χ4v) is 2.76. The highest BCUT2D eigenvalue weighted by atomic mass is 32.1. The molecule has 0 aliphatic rings. The number of ether oxygens (including phenoxy) is 1. The summed E-state index contributed by atoms with van der Waals surface area (Å²) in [7, 11) is 0. The average molecular weight is 312 g/mol. The average Bonchev–Trinajstić information content (AvgIpc) is 2.79. The number of aromatic nitrogens is 1. The Labute approximate surface area is 130 Å². The Kier molecular flexibility index (Phi) is 5.50. The molecule has 0 saturated heterocycles. The van der Waals surface area contributed by atoms with Crippen LogP contribution in [0.2, 0.25) is 0 Å². The van der Waals surface area contributed by atoms with Gasteiger partial charge in [-0.25, -0.2) is 4.98 Å². The smallest absolute Gasteiger partial charge is 0.319 e. The first kappa shape index (κ1) is 17.6. The molecule has 0 saturated carbocycles. The number of carbonyl (C=O) groups excluding carboxylic acids is 2. The van der Waals surface area contributed by atoms with Crippen molar-refractivity contribution < 1.29 is 14.3 Å². The first-order chi connectivity index (χ1) is 9.59. The standard InChI is InChI=1S/C15H24N2O3S/c1-7-20-12(19)10(14(2,3)4)11(18)17-15(5,6)13-16-8-9-21-13/h8-10H,7H2,1-6H3,(H,17,18). The van der Waals surface area contributed by atoms with Gasteiger partial charge in [-0.05, 0) is 26.2 Å². The zero-order valence-electron chi connectivity index (χ0n) is 13.5. The number of hydrogen-bond acceptors (Lipinski definition) is 5. The Balaban J connectivity index is 2.94. The molecule has 1 rings (SSSR count). The number of thiazole rings is 1. The van der Waals surface area contributed by atoms with E-state index >= 15 is 0 Å². The molecule has 1 amide bonds. The topological polar surface area (TPSA) is 68.3 Å². The van der Waals surface area contributed by atoms with E-state index in [-0.39, 0.29) is 12.5 Å². The van der Waals surface area contributed by atoms with Gasteiger partial charge in [0.05, 0.1) is 12.1 Å². The molecular weight excluding hydrogens is 288 g/mol. The van der Waals surface area contributed by atoms with Crippen molar-refractivity contribution in [3.05, 3.63) is 16.6 Å². The fraction of sp³-hybridized carbons (Fsp3) is 0.667.